The quantitative estimate of drug-likeness (QED) is 0.705. The Hall–Kier alpha value is -2.24. The molecule has 29 heavy (non-hydrogen) atoms. The summed E-state index contributed by atoms with van der Waals surface area (Å²) in [6.07, 6.45) is 1.77. The zero-order valence-electron chi connectivity index (χ0n) is 17.3. The largest absolute Gasteiger partial charge is 0.493 e. The van der Waals surface area contributed by atoms with Crippen LogP contribution < -0.4 is 20.1 Å². The molecule has 1 aliphatic heterocycles. The molecule has 0 bridgehead atoms. The highest BCUT2D eigenvalue weighted by Crippen LogP contribution is 2.31. The number of amides is 1. The molecule has 3 atom stereocenters. The summed E-state index contributed by atoms with van der Waals surface area (Å²) in [7, 11) is 1.63. The number of carbonyl (C=O) groups is 1. The fourth-order valence-corrected chi connectivity index (χ4v) is 3.59. The Bertz CT molecular complexity index is 785. The van der Waals surface area contributed by atoms with Crippen LogP contribution in [0.2, 0.25) is 0 Å². The van der Waals surface area contributed by atoms with E-state index in [1.807, 2.05) is 55.5 Å². The van der Waals surface area contributed by atoms with Crippen molar-refractivity contribution in [3.05, 3.63) is 59.7 Å². The van der Waals surface area contributed by atoms with Crippen molar-refractivity contribution >= 4 is 18.3 Å². The van der Waals surface area contributed by atoms with Crippen LogP contribution in [0.1, 0.15) is 43.9 Å². The standard InChI is InChI=1S/C23H30N2O3.ClH/c1-16-13-20(11-12-24-16)23(26)25-17(2)19-9-10-21(22(14-19)27-3)28-15-18-7-5-4-6-8-18;/h4-10,14,16-17,20,24H,11-13,15H2,1-3H3,(H,25,26);1H/t16-,17?,20-;/m0./s1. The zero-order valence-corrected chi connectivity index (χ0v) is 18.1. The average molecular weight is 419 g/mol. The summed E-state index contributed by atoms with van der Waals surface area (Å²) in [5, 5.41) is 6.54. The number of methoxy groups -OCH3 is 1. The average Bonchev–Trinajstić information content (AvgIpc) is 2.72. The number of piperidine rings is 1. The smallest absolute Gasteiger partial charge is 0.223 e. The lowest BCUT2D eigenvalue weighted by Gasteiger charge is -2.28. The van der Waals surface area contributed by atoms with Gasteiger partial charge < -0.3 is 20.1 Å². The molecule has 1 fully saturated rings. The van der Waals surface area contributed by atoms with Crippen molar-refractivity contribution in [2.24, 2.45) is 5.92 Å². The number of rotatable bonds is 7. The van der Waals surface area contributed by atoms with Crippen LogP contribution in [0.15, 0.2) is 48.5 Å². The van der Waals surface area contributed by atoms with Crippen LogP contribution in [-0.4, -0.2) is 25.6 Å². The predicted octanol–water partition coefficient (Wildman–Crippen LogP) is 4.26. The molecular weight excluding hydrogens is 388 g/mol. The summed E-state index contributed by atoms with van der Waals surface area (Å²) >= 11 is 0. The molecule has 2 aromatic rings. The Morgan fingerprint density at radius 3 is 2.66 bits per heavy atom. The van der Waals surface area contributed by atoms with E-state index in [-0.39, 0.29) is 30.3 Å². The van der Waals surface area contributed by atoms with E-state index in [2.05, 4.69) is 17.6 Å². The van der Waals surface area contributed by atoms with Crippen LogP contribution in [0.25, 0.3) is 0 Å². The van der Waals surface area contributed by atoms with Gasteiger partial charge >= 0.3 is 0 Å². The first-order valence-electron chi connectivity index (χ1n) is 9.95. The Kier molecular flexibility index (Phi) is 8.80. The number of hydrogen-bond donors (Lipinski definition) is 2. The lowest BCUT2D eigenvalue weighted by atomic mass is 9.92. The van der Waals surface area contributed by atoms with E-state index >= 15 is 0 Å². The minimum absolute atomic E-state index is 0. The second-order valence-electron chi connectivity index (χ2n) is 7.49. The molecule has 0 aromatic heterocycles. The van der Waals surface area contributed by atoms with Crippen molar-refractivity contribution in [1.29, 1.82) is 0 Å². The summed E-state index contributed by atoms with van der Waals surface area (Å²) in [6.45, 7) is 5.51. The molecule has 2 N–H and O–H groups in total. The maximum atomic E-state index is 12.6. The number of carbonyl (C=O) groups excluding carboxylic acids is 1. The van der Waals surface area contributed by atoms with Crippen molar-refractivity contribution in [1.82, 2.24) is 10.6 Å². The van der Waals surface area contributed by atoms with Crippen molar-refractivity contribution in [3.63, 3.8) is 0 Å². The molecule has 1 heterocycles. The Morgan fingerprint density at radius 2 is 1.97 bits per heavy atom. The van der Waals surface area contributed by atoms with Crippen molar-refractivity contribution in [2.75, 3.05) is 13.7 Å². The maximum absolute atomic E-state index is 12.6. The number of nitrogens with one attached hydrogen (secondary N) is 2. The first-order valence-corrected chi connectivity index (χ1v) is 9.95. The van der Waals surface area contributed by atoms with E-state index in [1.165, 1.54) is 0 Å². The zero-order chi connectivity index (χ0) is 19.9. The normalized spacial score (nSPS) is 19.6. The molecule has 1 amide bonds. The monoisotopic (exact) mass is 418 g/mol. The van der Waals surface area contributed by atoms with Gasteiger partial charge in [-0.15, -0.1) is 12.4 Å². The van der Waals surface area contributed by atoms with Gasteiger partial charge in [0, 0.05) is 12.0 Å². The molecule has 1 unspecified atom stereocenters. The van der Waals surface area contributed by atoms with Gasteiger partial charge in [0.25, 0.3) is 0 Å². The lowest BCUT2D eigenvalue weighted by Crippen LogP contribution is -2.42. The fourth-order valence-electron chi connectivity index (χ4n) is 3.59. The first kappa shape index (κ1) is 23.0. The van der Waals surface area contributed by atoms with Gasteiger partial charge in [0.15, 0.2) is 11.5 Å². The SMILES string of the molecule is COc1cc(C(C)NC(=O)[C@H]2CCN[C@@H](C)C2)ccc1OCc1ccccc1.Cl. The third-order valence-electron chi connectivity index (χ3n) is 5.28. The molecule has 6 heteroatoms. The van der Waals surface area contributed by atoms with Crippen molar-refractivity contribution in [2.45, 2.75) is 45.4 Å². The fraction of sp³-hybridized carbons (Fsp3) is 0.435. The highest BCUT2D eigenvalue weighted by Gasteiger charge is 2.26. The summed E-state index contributed by atoms with van der Waals surface area (Å²) in [5.41, 5.74) is 2.10. The third-order valence-corrected chi connectivity index (χ3v) is 5.28. The maximum Gasteiger partial charge on any atom is 0.223 e. The molecule has 0 aliphatic carbocycles. The molecule has 0 spiro atoms. The summed E-state index contributed by atoms with van der Waals surface area (Å²) < 4.78 is 11.4. The van der Waals surface area contributed by atoms with E-state index in [0.717, 1.165) is 30.5 Å². The second kappa shape index (κ2) is 11.1. The Morgan fingerprint density at radius 1 is 1.21 bits per heavy atom. The van der Waals surface area contributed by atoms with Gasteiger partial charge in [-0.05, 0) is 56.5 Å². The third kappa shape index (κ3) is 6.38. The number of benzene rings is 2. The summed E-state index contributed by atoms with van der Waals surface area (Å²) in [5.74, 6) is 1.57. The molecule has 5 nitrogen and oxygen atoms in total. The molecular formula is C23H31ClN2O3. The van der Waals surface area contributed by atoms with Gasteiger partial charge in [-0.1, -0.05) is 36.4 Å². The number of ether oxygens (including phenoxy) is 2. The Balaban J connectivity index is 0.00000300. The molecule has 0 radical (unpaired) electrons. The lowest BCUT2D eigenvalue weighted by molar-refractivity contribution is -0.126. The van der Waals surface area contributed by atoms with Crippen LogP contribution in [0, 0.1) is 5.92 Å². The molecule has 1 aliphatic rings. The van der Waals surface area contributed by atoms with Crippen LogP contribution in [0.5, 0.6) is 11.5 Å². The minimum Gasteiger partial charge on any atom is -0.493 e. The van der Waals surface area contributed by atoms with Gasteiger partial charge in [0.1, 0.15) is 6.61 Å². The predicted molar refractivity (Wildman–Crippen MR) is 118 cm³/mol. The van der Waals surface area contributed by atoms with Gasteiger partial charge in [-0.2, -0.15) is 0 Å². The van der Waals surface area contributed by atoms with Gasteiger partial charge in [-0.25, -0.2) is 0 Å². The second-order valence-corrected chi connectivity index (χ2v) is 7.49. The highest BCUT2D eigenvalue weighted by molar-refractivity contribution is 5.85. The van der Waals surface area contributed by atoms with Gasteiger partial charge in [-0.3, -0.25) is 4.79 Å². The van der Waals surface area contributed by atoms with E-state index < -0.39 is 0 Å². The molecule has 1 saturated heterocycles. The molecule has 0 saturated carbocycles. The van der Waals surface area contributed by atoms with Crippen LogP contribution in [0.3, 0.4) is 0 Å². The summed E-state index contributed by atoms with van der Waals surface area (Å²) in [6, 6.07) is 16.2. The summed E-state index contributed by atoms with van der Waals surface area (Å²) in [4.78, 5) is 12.6. The van der Waals surface area contributed by atoms with Gasteiger partial charge in [0.2, 0.25) is 5.91 Å². The topological polar surface area (TPSA) is 59.6 Å². The van der Waals surface area contributed by atoms with Crippen LogP contribution >= 0.6 is 12.4 Å². The van der Waals surface area contributed by atoms with Crippen LogP contribution in [0.4, 0.5) is 0 Å². The van der Waals surface area contributed by atoms with Crippen molar-refractivity contribution in [3.8, 4) is 11.5 Å². The van der Waals surface area contributed by atoms with E-state index in [1.54, 1.807) is 7.11 Å². The molecule has 3 rings (SSSR count). The number of hydrogen-bond acceptors (Lipinski definition) is 4. The van der Waals surface area contributed by atoms with Crippen LogP contribution in [-0.2, 0) is 11.4 Å². The first-order chi connectivity index (χ1) is 13.6. The molecule has 2 aromatic carbocycles. The highest BCUT2D eigenvalue weighted by atomic mass is 35.5. The molecule has 158 valence electrons. The van der Waals surface area contributed by atoms with Crippen molar-refractivity contribution < 1.29 is 14.3 Å². The number of halogens is 1. The van der Waals surface area contributed by atoms with E-state index in [9.17, 15) is 4.79 Å². The van der Waals surface area contributed by atoms with E-state index in [4.69, 9.17) is 9.47 Å². The van der Waals surface area contributed by atoms with E-state index in [0.29, 0.717) is 24.1 Å². The Labute approximate surface area is 179 Å². The van der Waals surface area contributed by atoms with Gasteiger partial charge in [0.05, 0.1) is 13.2 Å². The minimum atomic E-state index is -0.0882.